The zero-order chi connectivity index (χ0) is 18.2. The average molecular weight is 346 g/mol. The Morgan fingerprint density at radius 2 is 1.92 bits per heavy atom. The molecule has 0 heterocycles. The summed E-state index contributed by atoms with van der Waals surface area (Å²) in [6.07, 6.45) is 3.27. The van der Waals surface area contributed by atoms with E-state index in [0.29, 0.717) is 25.7 Å². The third-order valence-electron chi connectivity index (χ3n) is 4.56. The summed E-state index contributed by atoms with van der Waals surface area (Å²) in [7, 11) is 0. The van der Waals surface area contributed by atoms with Gasteiger partial charge in [0.05, 0.1) is 12.3 Å². The molecule has 0 aliphatic heterocycles. The van der Waals surface area contributed by atoms with Crippen LogP contribution in [0.1, 0.15) is 44.6 Å². The van der Waals surface area contributed by atoms with Crippen molar-refractivity contribution in [2.24, 2.45) is 5.92 Å². The Morgan fingerprint density at radius 1 is 1.20 bits per heavy atom. The van der Waals surface area contributed by atoms with E-state index in [1.807, 2.05) is 37.3 Å². The third-order valence-corrected chi connectivity index (χ3v) is 4.56. The van der Waals surface area contributed by atoms with Crippen LogP contribution in [0, 0.1) is 5.92 Å². The highest BCUT2D eigenvalue weighted by molar-refractivity contribution is 5.88. The normalized spacial score (nSPS) is 20.7. The van der Waals surface area contributed by atoms with Gasteiger partial charge in [-0.2, -0.15) is 0 Å². The van der Waals surface area contributed by atoms with E-state index >= 15 is 0 Å². The summed E-state index contributed by atoms with van der Waals surface area (Å²) in [5.74, 6) is -1.60. The van der Waals surface area contributed by atoms with Gasteiger partial charge in [-0.15, -0.1) is 0 Å². The van der Waals surface area contributed by atoms with Crippen LogP contribution in [0.15, 0.2) is 30.3 Å². The monoisotopic (exact) mass is 346 g/mol. The van der Waals surface area contributed by atoms with Crippen LogP contribution in [-0.4, -0.2) is 35.0 Å². The molecular weight excluding hydrogens is 320 g/mol. The van der Waals surface area contributed by atoms with Crippen molar-refractivity contribution >= 4 is 17.8 Å². The highest BCUT2D eigenvalue weighted by atomic mass is 16.4. The highest BCUT2D eigenvalue weighted by Gasteiger charge is 2.32. The molecule has 3 N–H and O–H groups in total. The fraction of sp³-hybridized carbons (Fsp3) is 0.526. The number of carbonyl (C=O) groups is 3. The maximum atomic E-state index is 12.5. The van der Waals surface area contributed by atoms with Crippen molar-refractivity contribution in [3.63, 3.8) is 0 Å². The Labute approximate surface area is 148 Å². The minimum absolute atomic E-state index is 0.126. The number of aliphatic carboxylic acids is 1. The average Bonchev–Trinajstić information content (AvgIpc) is 3.04. The summed E-state index contributed by atoms with van der Waals surface area (Å²) in [6, 6.07) is 8.68. The molecule has 1 aromatic carbocycles. The van der Waals surface area contributed by atoms with Crippen LogP contribution in [0.25, 0.3) is 0 Å². The van der Waals surface area contributed by atoms with Crippen molar-refractivity contribution in [2.75, 3.05) is 0 Å². The van der Waals surface area contributed by atoms with Gasteiger partial charge in [-0.3, -0.25) is 14.4 Å². The molecule has 136 valence electrons. The summed E-state index contributed by atoms with van der Waals surface area (Å²) in [5, 5.41) is 14.8. The van der Waals surface area contributed by atoms with Gasteiger partial charge in [0.1, 0.15) is 6.04 Å². The van der Waals surface area contributed by atoms with Crippen LogP contribution in [0.4, 0.5) is 0 Å². The van der Waals surface area contributed by atoms with Crippen LogP contribution in [0.3, 0.4) is 0 Å². The lowest BCUT2D eigenvalue weighted by Crippen LogP contribution is -2.49. The second kappa shape index (κ2) is 9.20. The van der Waals surface area contributed by atoms with Gasteiger partial charge in [0.15, 0.2) is 0 Å². The first-order valence-electron chi connectivity index (χ1n) is 8.86. The number of rotatable bonds is 8. The van der Waals surface area contributed by atoms with Crippen LogP contribution in [-0.2, 0) is 20.8 Å². The van der Waals surface area contributed by atoms with Gasteiger partial charge in [-0.05, 0) is 31.2 Å². The lowest BCUT2D eigenvalue weighted by Gasteiger charge is -2.21. The maximum Gasteiger partial charge on any atom is 0.306 e. The van der Waals surface area contributed by atoms with E-state index in [2.05, 4.69) is 10.6 Å². The molecule has 0 saturated heterocycles. The van der Waals surface area contributed by atoms with Crippen molar-refractivity contribution in [3.8, 4) is 0 Å². The Morgan fingerprint density at radius 3 is 2.52 bits per heavy atom. The number of benzene rings is 1. The summed E-state index contributed by atoms with van der Waals surface area (Å²) in [6.45, 7) is 1.96. The van der Waals surface area contributed by atoms with Gasteiger partial charge in [-0.1, -0.05) is 43.7 Å². The lowest BCUT2D eigenvalue weighted by molar-refractivity contribution is -0.141. The molecule has 2 rings (SSSR count). The molecule has 0 aromatic heterocycles. The Kier molecular flexibility index (Phi) is 6.98. The van der Waals surface area contributed by atoms with Gasteiger partial charge in [-0.25, -0.2) is 0 Å². The largest absolute Gasteiger partial charge is 0.481 e. The summed E-state index contributed by atoms with van der Waals surface area (Å²) in [4.78, 5) is 35.7. The SMILES string of the molecule is CCCC(NC(=O)Cc1ccccc1)C(=O)N[C@H]1CC[C@@H](C(=O)O)C1. The first kappa shape index (κ1) is 19.0. The van der Waals surface area contributed by atoms with Gasteiger partial charge < -0.3 is 15.7 Å². The molecule has 25 heavy (non-hydrogen) atoms. The highest BCUT2D eigenvalue weighted by Crippen LogP contribution is 2.25. The summed E-state index contributed by atoms with van der Waals surface area (Å²) >= 11 is 0. The predicted molar refractivity (Wildman–Crippen MR) is 93.9 cm³/mol. The number of carbonyl (C=O) groups excluding carboxylic acids is 2. The zero-order valence-corrected chi connectivity index (χ0v) is 14.5. The van der Waals surface area contributed by atoms with Crippen molar-refractivity contribution in [1.82, 2.24) is 10.6 Å². The number of carboxylic acid groups (broad SMARTS) is 1. The van der Waals surface area contributed by atoms with E-state index in [1.165, 1.54) is 0 Å². The van der Waals surface area contributed by atoms with Gasteiger partial charge in [0, 0.05) is 6.04 Å². The molecule has 1 unspecified atom stereocenters. The molecule has 0 bridgehead atoms. The standard InChI is InChI=1S/C19H26N2O4/c1-2-6-16(21-17(22)11-13-7-4-3-5-8-13)18(23)20-15-10-9-14(12-15)19(24)25/h3-5,7-8,14-16H,2,6,9-12H2,1H3,(H,20,23)(H,21,22)(H,24,25)/t14-,15+,16?/m1/s1. The predicted octanol–water partition coefficient (Wildman–Crippen LogP) is 1.88. The second-order valence-corrected chi connectivity index (χ2v) is 6.62. The van der Waals surface area contributed by atoms with Gasteiger partial charge >= 0.3 is 5.97 Å². The molecule has 0 radical (unpaired) electrons. The molecule has 1 aromatic rings. The first-order chi connectivity index (χ1) is 12.0. The number of hydrogen-bond donors (Lipinski definition) is 3. The van der Waals surface area contributed by atoms with Crippen LogP contribution < -0.4 is 10.6 Å². The molecule has 6 nitrogen and oxygen atoms in total. The van der Waals surface area contributed by atoms with Crippen LogP contribution >= 0.6 is 0 Å². The van der Waals surface area contributed by atoms with E-state index in [-0.39, 0.29) is 30.2 Å². The topological polar surface area (TPSA) is 95.5 Å². The molecule has 0 spiro atoms. The summed E-state index contributed by atoms with van der Waals surface area (Å²) in [5.41, 5.74) is 0.899. The van der Waals surface area contributed by atoms with E-state index in [0.717, 1.165) is 12.0 Å². The number of hydrogen-bond acceptors (Lipinski definition) is 3. The minimum atomic E-state index is -0.807. The molecular formula is C19H26N2O4. The van der Waals surface area contributed by atoms with Crippen LogP contribution in [0.2, 0.25) is 0 Å². The molecule has 1 saturated carbocycles. The fourth-order valence-electron chi connectivity index (χ4n) is 3.22. The number of carboxylic acids is 1. The fourth-order valence-corrected chi connectivity index (χ4v) is 3.22. The quantitative estimate of drug-likeness (QED) is 0.670. The molecule has 1 fully saturated rings. The lowest BCUT2D eigenvalue weighted by atomic mass is 10.1. The number of amides is 2. The summed E-state index contributed by atoms with van der Waals surface area (Å²) < 4.78 is 0. The second-order valence-electron chi connectivity index (χ2n) is 6.62. The van der Waals surface area contributed by atoms with Gasteiger partial charge in [0.25, 0.3) is 0 Å². The van der Waals surface area contributed by atoms with E-state index in [1.54, 1.807) is 0 Å². The van der Waals surface area contributed by atoms with Crippen molar-refractivity contribution in [3.05, 3.63) is 35.9 Å². The van der Waals surface area contributed by atoms with Crippen molar-refractivity contribution in [1.29, 1.82) is 0 Å². The molecule has 2 amide bonds. The van der Waals surface area contributed by atoms with Crippen molar-refractivity contribution < 1.29 is 19.5 Å². The Hall–Kier alpha value is -2.37. The van der Waals surface area contributed by atoms with Gasteiger partial charge in [0.2, 0.25) is 11.8 Å². The minimum Gasteiger partial charge on any atom is -0.481 e. The molecule has 6 heteroatoms. The Balaban J connectivity index is 1.87. The smallest absolute Gasteiger partial charge is 0.306 e. The number of nitrogens with one attached hydrogen (secondary N) is 2. The van der Waals surface area contributed by atoms with Crippen LogP contribution in [0.5, 0.6) is 0 Å². The molecule has 3 atom stereocenters. The maximum absolute atomic E-state index is 12.5. The first-order valence-corrected chi connectivity index (χ1v) is 8.86. The van der Waals surface area contributed by atoms with E-state index < -0.39 is 12.0 Å². The molecule has 1 aliphatic rings. The van der Waals surface area contributed by atoms with Crippen molar-refractivity contribution in [2.45, 2.75) is 57.5 Å². The molecule has 1 aliphatic carbocycles. The van der Waals surface area contributed by atoms with E-state index in [4.69, 9.17) is 5.11 Å². The third kappa shape index (κ3) is 5.89. The Bertz CT molecular complexity index is 603. The zero-order valence-electron chi connectivity index (χ0n) is 14.5. The van der Waals surface area contributed by atoms with E-state index in [9.17, 15) is 14.4 Å².